The molecule has 0 spiro atoms. The molecule has 1 aliphatic rings. The number of hydrogen-bond acceptors (Lipinski definition) is 3. The Balaban J connectivity index is 1.89. The van der Waals surface area contributed by atoms with Crippen LogP contribution in [0.4, 0.5) is 0 Å². The van der Waals surface area contributed by atoms with Gasteiger partial charge in [0.15, 0.2) is 5.88 Å². The van der Waals surface area contributed by atoms with Crippen molar-refractivity contribution in [3.8, 4) is 5.88 Å². The van der Waals surface area contributed by atoms with Crippen molar-refractivity contribution in [1.29, 1.82) is 0 Å². The molecule has 90 valence electrons. The highest BCUT2D eigenvalue weighted by atomic mass is 16.5. The number of pyridine rings is 1. The summed E-state index contributed by atoms with van der Waals surface area (Å²) in [5.74, 6) is 1.83. The van der Waals surface area contributed by atoms with Crippen LogP contribution >= 0.6 is 0 Å². The van der Waals surface area contributed by atoms with Gasteiger partial charge in [-0.05, 0) is 30.9 Å². The summed E-state index contributed by atoms with van der Waals surface area (Å²) in [6.45, 7) is 1.69. The van der Waals surface area contributed by atoms with Gasteiger partial charge in [0.2, 0.25) is 0 Å². The molecule has 4 nitrogen and oxygen atoms in total. The fraction of sp³-hybridized carbons (Fsp3) is 0.462. The zero-order valence-corrected chi connectivity index (χ0v) is 9.67. The highest BCUT2D eigenvalue weighted by Crippen LogP contribution is 2.22. The number of aromatic nitrogens is 2. The second-order valence-electron chi connectivity index (χ2n) is 4.58. The summed E-state index contributed by atoms with van der Waals surface area (Å²) in [5, 5.41) is 9.87. The van der Waals surface area contributed by atoms with Gasteiger partial charge in [0.1, 0.15) is 5.82 Å². The van der Waals surface area contributed by atoms with Crippen LogP contribution in [0.5, 0.6) is 5.88 Å². The Morgan fingerprint density at radius 3 is 3.00 bits per heavy atom. The van der Waals surface area contributed by atoms with Crippen LogP contribution in [-0.4, -0.2) is 27.7 Å². The molecule has 2 aromatic heterocycles. The normalized spacial score (nSPS) is 17.6. The Labute approximate surface area is 99.9 Å². The molecule has 1 fully saturated rings. The molecule has 1 aliphatic heterocycles. The molecule has 0 aliphatic carbocycles. The second kappa shape index (κ2) is 4.37. The largest absolute Gasteiger partial charge is 0.494 e. The van der Waals surface area contributed by atoms with Gasteiger partial charge in [0.05, 0.1) is 11.7 Å². The third-order valence-electron chi connectivity index (χ3n) is 3.42. The molecule has 0 atom stereocenters. The van der Waals surface area contributed by atoms with E-state index in [0.717, 1.165) is 43.8 Å². The maximum Gasteiger partial charge on any atom is 0.197 e. The van der Waals surface area contributed by atoms with E-state index in [2.05, 4.69) is 4.98 Å². The first-order valence-electron chi connectivity index (χ1n) is 6.06. The molecule has 3 rings (SSSR count). The van der Waals surface area contributed by atoms with Gasteiger partial charge >= 0.3 is 0 Å². The summed E-state index contributed by atoms with van der Waals surface area (Å²) >= 11 is 0. The molecular weight excluding hydrogens is 216 g/mol. The van der Waals surface area contributed by atoms with Crippen molar-refractivity contribution in [1.82, 2.24) is 9.38 Å². The van der Waals surface area contributed by atoms with Crippen molar-refractivity contribution in [3.63, 3.8) is 0 Å². The van der Waals surface area contributed by atoms with E-state index in [1.54, 1.807) is 6.07 Å². The maximum atomic E-state index is 9.87. The Morgan fingerprint density at radius 1 is 1.35 bits per heavy atom. The average molecular weight is 232 g/mol. The van der Waals surface area contributed by atoms with E-state index < -0.39 is 0 Å². The third kappa shape index (κ3) is 2.00. The zero-order chi connectivity index (χ0) is 11.7. The van der Waals surface area contributed by atoms with E-state index in [-0.39, 0.29) is 5.88 Å². The van der Waals surface area contributed by atoms with Crippen LogP contribution in [0.25, 0.3) is 5.52 Å². The lowest BCUT2D eigenvalue weighted by Gasteiger charge is -2.21. The Hall–Kier alpha value is -1.55. The molecule has 2 aromatic rings. The topological polar surface area (TPSA) is 46.8 Å². The number of ether oxygens (including phenoxy) is 1. The Morgan fingerprint density at radius 2 is 2.18 bits per heavy atom. The molecule has 0 aromatic carbocycles. The summed E-state index contributed by atoms with van der Waals surface area (Å²) in [7, 11) is 0. The molecule has 0 saturated carbocycles. The Bertz CT molecular complexity index is 515. The van der Waals surface area contributed by atoms with Gasteiger partial charge in [-0.15, -0.1) is 0 Å². The predicted octanol–water partition coefficient (Wildman–Crippen LogP) is 2.01. The smallest absolute Gasteiger partial charge is 0.197 e. The van der Waals surface area contributed by atoms with Gasteiger partial charge < -0.3 is 9.84 Å². The van der Waals surface area contributed by atoms with Crippen molar-refractivity contribution < 1.29 is 9.84 Å². The highest BCUT2D eigenvalue weighted by molar-refractivity contribution is 5.48. The van der Waals surface area contributed by atoms with Gasteiger partial charge in [0.25, 0.3) is 0 Å². The van der Waals surface area contributed by atoms with E-state index in [0.29, 0.717) is 5.92 Å². The first kappa shape index (κ1) is 10.6. The van der Waals surface area contributed by atoms with Crippen molar-refractivity contribution in [2.24, 2.45) is 5.92 Å². The molecule has 0 radical (unpaired) electrons. The SMILES string of the molecule is Oc1cccc2cnc(CC3CCOCC3)n12. The van der Waals surface area contributed by atoms with Gasteiger partial charge in [-0.1, -0.05) is 6.07 Å². The summed E-state index contributed by atoms with van der Waals surface area (Å²) in [6.07, 6.45) is 4.90. The minimum atomic E-state index is 0.266. The van der Waals surface area contributed by atoms with Gasteiger partial charge in [-0.3, -0.25) is 4.40 Å². The van der Waals surface area contributed by atoms with Crippen molar-refractivity contribution in [3.05, 3.63) is 30.2 Å². The second-order valence-corrected chi connectivity index (χ2v) is 4.58. The van der Waals surface area contributed by atoms with Crippen LogP contribution < -0.4 is 0 Å². The molecule has 0 amide bonds. The van der Waals surface area contributed by atoms with Crippen LogP contribution in [0, 0.1) is 5.92 Å². The van der Waals surface area contributed by atoms with Crippen LogP contribution in [0.1, 0.15) is 18.7 Å². The number of imidazole rings is 1. The van der Waals surface area contributed by atoms with Crippen LogP contribution in [0.3, 0.4) is 0 Å². The minimum Gasteiger partial charge on any atom is -0.494 e. The van der Waals surface area contributed by atoms with E-state index in [9.17, 15) is 5.11 Å². The predicted molar refractivity (Wildman–Crippen MR) is 64.1 cm³/mol. The van der Waals surface area contributed by atoms with Gasteiger partial charge in [-0.2, -0.15) is 0 Å². The standard InChI is InChI=1S/C13H16N2O2/c16-13-3-1-2-11-9-14-12(15(11)13)8-10-4-6-17-7-5-10/h1-3,9-10,16H,4-8H2. The number of fused-ring (bicyclic) bond motifs is 1. The van der Waals surface area contributed by atoms with Crippen LogP contribution in [0.2, 0.25) is 0 Å². The maximum absolute atomic E-state index is 9.87. The molecule has 4 heteroatoms. The van der Waals surface area contributed by atoms with E-state index in [4.69, 9.17) is 4.74 Å². The molecule has 17 heavy (non-hydrogen) atoms. The first-order valence-corrected chi connectivity index (χ1v) is 6.06. The molecule has 3 heterocycles. The van der Waals surface area contributed by atoms with Gasteiger partial charge in [-0.25, -0.2) is 4.98 Å². The van der Waals surface area contributed by atoms with E-state index in [1.165, 1.54) is 0 Å². The van der Waals surface area contributed by atoms with Crippen molar-refractivity contribution in [2.75, 3.05) is 13.2 Å². The van der Waals surface area contributed by atoms with Crippen molar-refractivity contribution >= 4 is 5.52 Å². The lowest BCUT2D eigenvalue weighted by atomic mass is 9.96. The number of aromatic hydroxyl groups is 1. The summed E-state index contributed by atoms with van der Waals surface area (Å²) < 4.78 is 7.18. The highest BCUT2D eigenvalue weighted by Gasteiger charge is 2.17. The minimum absolute atomic E-state index is 0.266. The lowest BCUT2D eigenvalue weighted by Crippen LogP contribution is -2.18. The first-order chi connectivity index (χ1) is 8.34. The summed E-state index contributed by atoms with van der Waals surface area (Å²) in [4.78, 5) is 4.41. The molecule has 1 N–H and O–H groups in total. The van der Waals surface area contributed by atoms with Crippen LogP contribution in [-0.2, 0) is 11.2 Å². The zero-order valence-electron chi connectivity index (χ0n) is 9.67. The van der Waals surface area contributed by atoms with Crippen molar-refractivity contribution in [2.45, 2.75) is 19.3 Å². The third-order valence-corrected chi connectivity index (χ3v) is 3.42. The summed E-state index contributed by atoms with van der Waals surface area (Å²) in [5.41, 5.74) is 0.951. The lowest BCUT2D eigenvalue weighted by molar-refractivity contribution is 0.0659. The van der Waals surface area contributed by atoms with E-state index >= 15 is 0 Å². The van der Waals surface area contributed by atoms with Gasteiger partial charge in [0, 0.05) is 19.6 Å². The van der Waals surface area contributed by atoms with E-state index in [1.807, 2.05) is 22.7 Å². The molecule has 0 unspecified atom stereocenters. The molecule has 0 bridgehead atoms. The molecule has 1 saturated heterocycles. The Kier molecular flexibility index (Phi) is 2.73. The number of rotatable bonds is 2. The fourth-order valence-electron chi connectivity index (χ4n) is 2.45. The number of nitrogens with zero attached hydrogens (tertiary/aromatic N) is 2. The fourth-order valence-corrected chi connectivity index (χ4v) is 2.45. The molecular formula is C13H16N2O2. The monoisotopic (exact) mass is 232 g/mol. The average Bonchev–Trinajstić information content (AvgIpc) is 2.75. The summed E-state index contributed by atoms with van der Waals surface area (Å²) in [6, 6.07) is 5.49. The number of hydrogen-bond donors (Lipinski definition) is 1. The quantitative estimate of drug-likeness (QED) is 0.861. The van der Waals surface area contributed by atoms with Crippen LogP contribution in [0.15, 0.2) is 24.4 Å².